The molecule has 0 aromatic carbocycles. The molecular weight excluding hydrogens is 254 g/mol. The van der Waals surface area contributed by atoms with E-state index in [1.807, 2.05) is 6.92 Å². The van der Waals surface area contributed by atoms with Crippen LogP contribution in [0, 0.1) is 5.92 Å². The number of nitrogens with one attached hydrogen (secondary N) is 1. The molecule has 0 aliphatic carbocycles. The molecule has 0 saturated heterocycles. The standard InChI is InChI=1S/C15H27N3O2/c1-4-9-17-11-7-14(19)18(15(17)20)10-6-5-8-16-12-13(2)3/h7,11,13,16H,4-6,8-10,12H2,1-3H3. The Morgan fingerprint density at radius 3 is 2.60 bits per heavy atom. The molecule has 0 radical (unpaired) electrons. The second-order valence-corrected chi connectivity index (χ2v) is 5.59. The van der Waals surface area contributed by atoms with Gasteiger partial charge in [0.05, 0.1) is 0 Å². The molecule has 1 N–H and O–H groups in total. The summed E-state index contributed by atoms with van der Waals surface area (Å²) in [4.78, 5) is 23.8. The molecule has 0 unspecified atom stereocenters. The maximum absolute atomic E-state index is 12.1. The van der Waals surface area contributed by atoms with E-state index in [4.69, 9.17) is 0 Å². The Labute approximate surface area is 120 Å². The predicted molar refractivity (Wildman–Crippen MR) is 82.2 cm³/mol. The molecule has 1 aromatic rings. The third-order valence-electron chi connectivity index (χ3n) is 3.14. The highest BCUT2D eigenvalue weighted by Gasteiger charge is 2.04. The lowest BCUT2D eigenvalue weighted by Gasteiger charge is -2.10. The van der Waals surface area contributed by atoms with E-state index in [2.05, 4.69) is 19.2 Å². The van der Waals surface area contributed by atoms with Gasteiger partial charge in [-0.2, -0.15) is 0 Å². The molecule has 0 amide bonds. The fraction of sp³-hybridized carbons (Fsp3) is 0.733. The molecule has 0 spiro atoms. The number of nitrogens with zero attached hydrogens (tertiary/aromatic N) is 2. The van der Waals surface area contributed by atoms with Crippen LogP contribution in [0.4, 0.5) is 0 Å². The lowest BCUT2D eigenvalue weighted by atomic mass is 10.2. The van der Waals surface area contributed by atoms with Crippen LogP contribution in [0.25, 0.3) is 0 Å². The fourth-order valence-corrected chi connectivity index (χ4v) is 2.08. The van der Waals surface area contributed by atoms with E-state index in [0.717, 1.165) is 32.4 Å². The zero-order valence-electron chi connectivity index (χ0n) is 12.9. The highest BCUT2D eigenvalue weighted by atomic mass is 16.2. The van der Waals surface area contributed by atoms with Crippen LogP contribution in [0.2, 0.25) is 0 Å². The summed E-state index contributed by atoms with van der Waals surface area (Å²) in [7, 11) is 0. The maximum atomic E-state index is 12.1. The van der Waals surface area contributed by atoms with Crippen molar-refractivity contribution >= 4 is 0 Å². The van der Waals surface area contributed by atoms with E-state index < -0.39 is 0 Å². The zero-order chi connectivity index (χ0) is 15.0. The Kier molecular flexibility index (Phi) is 7.30. The van der Waals surface area contributed by atoms with Crippen molar-refractivity contribution in [3.05, 3.63) is 33.1 Å². The number of aromatic nitrogens is 2. The number of hydrogen-bond acceptors (Lipinski definition) is 3. The number of hydrogen-bond donors (Lipinski definition) is 1. The van der Waals surface area contributed by atoms with Crippen LogP contribution in [0.1, 0.15) is 40.0 Å². The van der Waals surface area contributed by atoms with Crippen molar-refractivity contribution in [3.8, 4) is 0 Å². The Morgan fingerprint density at radius 2 is 1.95 bits per heavy atom. The van der Waals surface area contributed by atoms with E-state index in [1.54, 1.807) is 10.8 Å². The second kappa shape index (κ2) is 8.74. The monoisotopic (exact) mass is 281 g/mol. The minimum absolute atomic E-state index is 0.186. The third-order valence-corrected chi connectivity index (χ3v) is 3.14. The number of aryl methyl sites for hydroxylation is 1. The van der Waals surface area contributed by atoms with Gasteiger partial charge in [0.1, 0.15) is 0 Å². The van der Waals surface area contributed by atoms with Crippen LogP contribution in [0.15, 0.2) is 21.9 Å². The van der Waals surface area contributed by atoms with Gasteiger partial charge in [-0.1, -0.05) is 20.8 Å². The molecule has 1 rings (SSSR count). The van der Waals surface area contributed by atoms with Gasteiger partial charge in [0, 0.05) is 25.4 Å². The molecule has 0 saturated carbocycles. The normalized spacial score (nSPS) is 11.2. The summed E-state index contributed by atoms with van der Waals surface area (Å²) < 4.78 is 2.95. The first-order valence-electron chi connectivity index (χ1n) is 7.57. The molecule has 1 aromatic heterocycles. The molecule has 5 nitrogen and oxygen atoms in total. The number of unbranched alkanes of at least 4 members (excludes halogenated alkanes) is 1. The van der Waals surface area contributed by atoms with E-state index in [-0.39, 0.29) is 11.2 Å². The summed E-state index contributed by atoms with van der Waals surface area (Å²) in [6, 6.07) is 1.48. The second-order valence-electron chi connectivity index (χ2n) is 5.59. The Morgan fingerprint density at radius 1 is 1.20 bits per heavy atom. The zero-order valence-corrected chi connectivity index (χ0v) is 12.9. The van der Waals surface area contributed by atoms with Gasteiger partial charge in [0.2, 0.25) is 0 Å². The molecule has 1 heterocycles. The van der Waals surface area contributed by atoms with Gasteiger partial charge in [-0.25, -0.2) is 4.79 Å². The lowest BCUT2D eigenvalue weighted by Crippen LogP contribution is -2.39. The predicted octanol–water partition coefficient (Wildman–Crippen LogP) is 1.45. The highest BCUT2D eigenvalue weighted by Crippen LogP contribution is 1.92. The molecule has 0 bridgehead atoms. The SMILES string of the molecule is CCCn1ccc(=O)n(CCCCNCC(C)C)c1=O. The summed E-state index contributed by atoms with van der Waals surface area (Å²) in [5.74, 6) is 0.646. The van der Waals surface area contributed by atoms with Gasteiger partial charge in [-0.3, -0.25) is 9.36 Å². The van der Waals surface area contributed by atoms with Crippen molar-refractivity contribution in [2.45, 2.75) is 53.1 Å². The largest absolute Gasteiger partial charge is 0.330 e. The number of rotatable bonds is 9. The molecule has 0 aliphatic rings. The molecular formula is C15H27N3O2. The quantitative estimate of drug-likeness (QED) is 0.697. The molecule has 0 aliphatic heterocycles. The van der Waals surface area contributed by atoms with Crippen LogP contribution in [0.5, 0.6) is 0 Å². The summed E-state index contributed by atoms with van der Waals surface area (Å²) in [5, 5.41) is 3.36. The minimum Gasteiger partial charge on any atom is -0.316 e. The van der Waals surface area contributed by atoms with Crippen LogP contribution in [-0.4, -0.2) is 22.2 Å². The van der Waals surface area contributed by atoms with Gasteiger partial charge >= 0.3 is 5.69 Å². The van der Waals surface area contributed by atoms with Crippen LogP contribution in [-0.2, 0) is 13.1 Å². The van der Waals surface area contributed by atoms with Crippen molar-refractivity contribution in [2.75, 3.05) is 13.1 Å². The van der Waals surface area contributed by atoms with Gasteiger partial charge in [0.25, 0.3) is 5.56 Å². The first kappa shape index (κ1) is 16.7. The fourth-order valence-electron chi connectivity index (χ4n) is 2.08. The van der Waals surface area contributed by atoms with Gasteiger partial charge in [0.15, 0.2) is 0 Å². The van der Waals surface area contributed by atoms with E-state index in [9.17, 15) is 9.59 Å². The Hall–Kier alpha value is -1.36. The van der Waals surface area contributed by atoms with Crippen molar-refractivity contribution < 1.29 is 0 Å². The summed E-state index contributed by atoms with van der Waals surface area (Å²) in [6.45, 7) is 9.47. The molecule has 114 valence electrons. The first-order chi connectivity index (χ1) is 9.56. The molecule has 5 heteroatoms. The molecule has 20 heavy (non-hydrogen) atoms. The summed E-state index contributed by atoms with van der Waals surface area (Å²) in [6.07, 6.45) is 4.30. The average molecular weight is 281 g/mol. The minimum atomic E-state index is -0.197. The van der Waals surface area contributed by atoms with Crippen molar-refractivity contribution in [3.63, 3.8) is 0 Å². The summed E-state index contributed by atoms with van der Waals surface area (Å²) >= 11 is 0. The average Bonchev–Trinajstić information content (AvgIpc) is 2.40. The van der Waals surface area contributed by atoms with E-state index in [1.165, 1.54) is 10.6 Å². The van der Waals surface area contributed by atoms with Crippen molar-refractivity contribution in [1.82, 2.24) is 14.5 Å². The Bertz CT molecular complexity index is 503. The highest BCUT2D eigenvalue weighted by molar-refractivity contribution is 4.86. The van der Waals surface area contributed by atoms with Gasteiger partial charge < -0.3 is 9.88 Å². The lowest BCUT2D eigenvalue weighted by molar-refractivity contribution is 0.494. The van der Waals surface area contributed by atoms with Crippen molar-refractivity contribution in [1.29, 1.82) is 0 Å². The van der Waals surface area contributed by atoms with Crippen LogP contribution >= 0.6 is 0 Å². The summed E-state index contributed by atoms with van der Waals surface area (Å²) in [5.41, 5.74) is -0.382. The Balaban J connectivity index is 2.49. The maximum Gasteiger partial charge on any atom is 0.330 e. The van der Waals surface area contributed by atoms with Gasteiger partial charge in [-0.05, 0) is 38.3 Å². The van der Waals surface area contributed by atoms with Crippen molar-refractivity contribution in [2.24, 2.45) is 5.92 Å². The smallest absolute Gasteiger partial charge is 0.316 e. The molecule has 0 fully saturated rings. The van der Waals surface area contributed by atoms with Gasteiger partial charge in [-0.15, -0.1) is 0 Å². The molecule has 0 atom stereocenters. The van der Waals surface area contributed by atoms with Crippen LogP contribution < -0.4 is 16.6 Å². The topological polar surface area (TPSA) is 56.0 Å². The van der Waals surface area contributed by atoms with E-state index >= 15 is 0 Å². The van der Waals surface area contributed by atoms with Crippen LogP contribution in [0.3, 0.4) is 0 Å². The third kappa shape index (κ3) is 5.33. The van der Waals surface area contributed by atoms with E-state index in [0.29, 0.717) is 19.0 Å². The first-order valence-corrected chi connectivity index (χ1v) is 7.57.